The van der Waals surface area contributed by atoms with Gasteiger partial charge in [0.2, 0.25) is 5.95 Å². The van der Waals surface area contributed by atoms with Crippen LogP contribution in [0.15, 0.2) is 54.9 Å². The summed E-state index contributed by atoms with van der Waals surface area (Å²) in [6, 6.07) is 11.7. The zero-order chi connectivity index (χ0) is 23.5. The number of hydroxylamine groups is 1. The van der Waals surface area contributed by atoms with Crippen LogP contribution in [-0.4, -0.2) is 38.2 Å². The molecule has 10 heteroatoms. The predicted octanol–water partition coefficient (Wildman–Crippen LogP) is 4.17. The fraction of sp³-hybridized carbons (Fsp3) is 0.250. The molecule has 4 aromatic rings. The molecule has 34 heavy (non-hydrogen) atoms. The number of rotatable bonds is 6. The third-order valence-electron chi connectivity index (χ3n) is 5.49. The molecule has 9 nitrogen and oxygen atoms in total. The number of hydrogen-bond acceptors (Lipinski definition) is 7. The monoisotopic (exact) mass is 462 g/mol. The van der Waals surface area contributed by atoms with Crippen LogP contribution in [0, 0.1) is 12.7 Å². The van der Waals surface area contributed by atoms with Crippen molar-refractivity contribution in [2.24, 2.45) is 0 Å². The fourth-order valence-electron chi connectivity index (χ4n) is 3.86. The molecule has 0 bridgehead atoms. The van der Waals surface area contributed by atoms with Crippen LogP contribution in [-0.2, 0) is 9.57 Å². The molecule has 0 aliphatic carbocycles. The number of aryl methyl sites for hydroxylation is 1. The van der Waals surface area contributed by atoms with Gasteiger partial charge in [-0.2, -0.15) is 0 Å². The summed E-state index contributed by atoms with van der Waals surface area (Å²) in [6.07, 6.45) is 5.62. The number of ether oxygens (including phenoxy) is 1. The third-order valence-corrected chi connectivity index (χ3v) is 5.49. The van der Waals surface area contributed by atoms with Crippen molar-refractivity contribution in [3.05, 3.63) is 71.9 Å². The van der Waals surface area contributed by atoms with Gasteiger partial charge in [0, 0.05) is 31.1 Å². The van der Waals surface area contributed by atoms with Crippen LogP contribution in [0.2, 0.25) is 0 Å². The molecule has 5 rings (SSSR count). The molecule has 1 saturated heterocycles. The molecule has 1 amide bonds. The van der Waals surface area contributed by atoms with Gasteiger partial charge < -0.3 is 10.1 Å². The number of carbonyl (C=O) groups excluding carboxylic acids is 1. The highest BCUT2D eigenvalue weighted by Gasteiger charge is 2.18. The third kappa shape index (κ3) is 4.59. The largest absolute Gasteiger partial charge is 0.350 e. The van der Waals surface area contributed by atoms with Gasteiger partial charge in [-0.3, -0.25) is 9.20 Å². The van der Waals surface area contributed by atoms with Crippen molar-refractivity contribution in [1.82, 2.24) is 24.8 Å². The summed E-state index contributed by atoms with van der Waals surface area (Å²) in [5, 5.41) is 2.99. The van der Waals surface area contributed by atoms with Crippen LogP contribution < -0.4 is 10.8 Å². The Bertz CT molecular complexity index is 1340. The van der Waals surface area contributed by atoms with Crippen molar-refractivity contribution in [2.75, 3.05) is 11.9 Å². The number of nitrogens with zero attached hydrogens (tertiary/aromatic N) is 4. The van der Waals surface area contributed by atoms with Crippen LogP contribution in [0.1, 0.15) is 35.3 Å². The number of amides is 1. The first-order valence-electron chi connectivity index (χ1n) is 11.0. The number of nitrogens with one attached hydrogen (secondary N) is 2. The Balaban J connectivity index is 1.30. The first-order chi connectivity index (χ1) is 16.6. The van der Waals surface area contributed by atoms with E-state index in [1.54, 1.807) is 18.3 Å². The second kappa shape index (κ2) is 9.54. The van der Waals surface area contributed by atoms with Crippen LogP contribution in [0.25, 0.3) is 17.0 Å². The lowest BCUT2D eigenvalue weighted by Gasteiger charge is -2.22. The number of fused-ring (bicyclic) bond motifs is 1. The molecule has 0 spiro atoms. The van der Waals surface area contributed by atoms with E-state index < -0.39 is 18.0 Å². The predicted molar refractivity (Wildman–Crippen MR) is 123 cm³/mol. The van der Waals surface area contributed by atoms with Gasteiger partial charge in [0.15, 0.2) is 6.29 Å². The topological polar surface area (TPSA) is 103 Å². The summed E-state index contributed by atoms with van der Waals surface area (Å²) >= 11 is 0. The Hall–Kier alpha value is -3.89. The van der Waals surface area contributed by atoms with Crippen molar-refractivity contribution in [3.63, 3.8) is 0 Å². The van der Waals surface area contributed by atoms with Crippen molar-refractivity contribution in [3.8, 4) is 11.4 Å². The van der Waals surface area contributed by atoms with Crippen molar-refractivity contribution in [2.45, 2.75) is 32.5 Å². The Labute approximate surface area is 194 Å². The fourth-order valence-corrected chi connectivity index (χ4v) is 3.86. The second-order valence-electron chi connectivity index (χ2n) is 7.90. The standard InChI is InChI=1S/C24H23FN6O3/c1-15-22(31-12-4-2-6-20(31)27-15)19-10-11-26-24(29-19)28-16-8-9-17(18(25)14-16)23(32)30-34-21-7-3-5-13-33-21/h2,4,6,8-12,14,21H,3,5,7,13H2,1H3,(H,30,32)(H,26,28,29). The number of halogens is 1. The first-order valence-corrected chi connectivity index (χ1v) is 11.0. The van der Waals surface area contributed by atoms with Crippen LogP contribution in [0.3, 0.4) is 0 Å². The van der Waals surface area contributed by atoms with Gasteiger partial charge in [-0.05, 0) is 56.2 Å². The highest BCUT2D eigenvalue weighted by atomic mass is 19.1. The summed E-state index contributed by atoms with van der Waals surface area (Å²) in [5.74, 6) is -1.10. The molecule has 1 atom stereocenters. The van der Waals surface area contributed by atoms with E-state index in [0.717, 1.165) is 29.9 Å². The van der Waals surface area contributed by atoms with Gasteiger partial charge in [0.1, 0.15) is 11.5 Å². The zero-order valence-corrected chi connectivity index (χ0v) is 18.5. The summed E-state index contributed by atoms with van der Waals surface area (Å²) in [7, 11) is 0. The number of pyridine rings is 1. The van der Waals surface area contributed by atoms with Crippen molar-refractivity contribution in [1.29, 1.82) is 0 Å². The quantitative estimate of drug-likeness (QED) is 0.415. The molecule has 174 valence electrons. The maximum atomic E-state index is 14.7. The minimum atomic E-state index is -0.704. The molecule has 4 heterocycles. The smallest absolute Gasteiger partial charge is 0.277 e. The SMILES string of the molecule is Cc1nc2ccccn2c1-c1ccnc(Nc2ccc(C(=O)NOC3CCCCO3)c(F)c2)n1. The molecular weight excluding hydrogens is 439 g/mol. The van der Waals surface area contributed by atoms with Crippen LogP contribution in [0.5, 0.6) is 0 Å². The molecule has 2 N–H and O–H groups in total. The van der Waals surface area contributed by atoms with E-state index in [9.17, 15) is 9.18 Å². The van der Waals surface area contributed by atoms with Gasteiger partial charge in [0.05, 0.1) is 22.6 Å². The molecule has 1 aromatic carbocycles. The van der Waals surface area contributed by atoms with E-state index in [1.807, 2.05) is 35.7 Å². The molecule has 0 saturated carbocycles. The number of hydrogen-bond donors (Lipinski definition) is 2. The van der Waals surface area contributed by atoms with Gasteiger partial charge in [0.25, 0.3) is 5.91 Å². The van der Waals surface area contributed by atoms with E-state index in [-0.39, 0.29) is 11.5 Å². The average Bonchev–Trinajstić information content (AvgIpc) is 3.19. The highest BCUT2D eigenvalue weighted by molar-refractivity contribution is 5.94. The van der Waals surface area contributed by atoms with Gasteiger partial charge in [-0.1, -0.05) is 6.07 Å². The summed E-state index contributed by atoms with van der Waals surface area (Å²) in [5.41, 5.74) is 5.69. The number of carbonyl (C=O) groups is 1. The number of benzene rings is 1. The van der Waals surface area contributed by atoms with E-state index in [0.29, 0.717) is 24.4 Å². The van der Waals surface area contributed by atoms with Gasteiger partial charge in [-0.25, -0.2) is 29.7 Å². The molecule has 0 radical (unpaired) electrons. The van der Waals surface area contributed by atoms with Crippen molar-refractivity contribution >= 4 is 23.2 Å². The van der Waals surface area contributed by atoms with Crippen LogP contribution in [0.4, 0.5) is 16.0 Å². The number of aromatic nitrogens is 4. The maximum absolute atomic E-state index is 14.7. The van der Waals surface area contributed by atoms with E-state index in [1.165, 1.54) is 12.1 Å². The number of imidazole rings is 1. The molecular formula is C24H23FN6O3. The average molecular weight is 462 g/mol. The maximum Gasteiger partial charge on any atom is 0.277 e. The lowest BCUT2D eigenvalue weighted by Crippen LogP contribution is -2.33. The molecule has 1 aliphatic heterocycles. The Morgan fingerprint density at radius 3 is 2.94 bits per heavy atom. The lowest BCUT2D eigenvalue weighted by molar-refractivity contribution is -0.186. The normalized spacial score (nSPS) is 15.9. The highest BCUT2D eigenvalue weighted by Crippen LogP contribution is 2.25. The zero-order valence-electron chi connectivity index (χ0n) is 18.5. The summed E-state index contributed by atoms with van der Waals surface area (Å²) in [4.78, 5) is 30.9. The van der Waals surface area contributed by atoms with E-state index >= 15 is 0 Å². The van der Waals surface area contributed by atoms with Gasteiger partial charge >= 0.3 is 0 Å². The van der Waals surface area contributed by atoms with Gasteiger partial charge in [-0.15, -0.1) is 0 Å². The molecule has 1 aliphatic rings. The minimum Gasteiger partial charge on any atom is -0.350 e. The second-order valence-corrected chi connectivity index (χ2v) is 7.90. The Kier molecular flexibility index (Phi) is 6.15. The van der Waals surface area contributed by atoms with E-state index in [4.69, 9.17) is 9.57 Å². The Morgan fingerprint density at radius 2 is 2.12 bits per heavy atom. The summed E-state index contributed by atoms with van der Waals surface area (Å²) in [6.45, 7) is 2.50. The van der Waals surface area contributed by atoms with Crippen molar-refractivity contribution < 1.29 is 18.8 Å². The minimum absolute atomic E-state index is 0.141. The summed E-state index contributed by atoms with van der Waals surface area (Å²) < 4.78 is 22.0. The molecule has 1 unspecified atom stereocenters. The number of anilines is 2. The lowest BCUT2D eigenvalue weighted by atomic mass is 10.2. The first kappa shape index (κ1) is 21.9. The molecule has 3 aromatic heterocycles. The van der Waals surface area contributed by atoms with E-state index in [2.05, 4.69) is 25.7 Å². The Morgan fingerprint density at radius 1 is 1.21 bits per heavy atom. The molecule has 1 fully saturated rings. The van der Waals surface area contributed by atoms with Crippen LogP contribution >= 0.6 is 0 Å².